The first-order valence-electron chi connectivity index (χ1n) is 7.68. The second-order valence-electron chi connectivity index (χ2n) is 6.38. The van der Waals surface area contributed by atoms with E-state index < -0.39 is 0 Å². The standard InChI is InChI=1S/C15H30N2/c1-4-5-12(2)10-17-11-15(14-6-7-14)16-9-8-13(17)3/h12-16H,4-11H2,1-3H3. The van der Waals surface area contributed by atoms with E-state index in [4.69, 9.17) is 0 Å². The van der Waals surface area contributed by atoms with E-state index in [0.29, 0.717) is 0 Å². The molecule has 2 aliphatic rings. The van der Waals surface area contributed by atoms with Gasteiger partial charge in [-0.3, -0.25) is 4.90 Å². The third-order valence-electron chi connectivity index (χ3n) is 4.54. The smallest absolute Gasteiger partial charge is 0.0223 e. The van der Waals surface area contributed by atoms with Crippen molar-refractivity contribution in [2.24, 2.45) is 11.8 Å². The van der Waals surface area contributed by atoms with Crippen molar-refractivity contribution in [1.29, 1.82) is 0 Å². The van der Waals surface area contributed by atoms with Crippen LogP contribution in [0.25, 0.3) is 0 Å². The van der Waals surface area contributed by atoms with Crippen molar-refractivity contribution in [3.8, 4) is 0 Å². The minimum Gasteiger partial charge on any atom is -0.312 e. The third kappa shape index (κ3) is 3.96. The average molecular weight is 238 g/mol. The van der Waals surface area contributed by atoms with E-state index in [1.807, 2.05) is 0 Å². The van der Waals surface area contributed by atoms with Crippen molar-refractivity contribution >= 4 is 0 Å². The molecule has 1 heterocycles. The van der Waals surface area contributed by atoms with E-state index in [1.54, 1.807) is 0 Å². The van der Waals surface area contributed by atoms with Crippen LogP contribution in [0.4, 0.5) is 0 Å². The van der Waals surface area contributed by atoms with Crippen LogP contribution in [0.3, 0.4) is 0 Å². The van der Waals surface area contributed by atoms with Crippen LogP contribution < -0.4 is 5.32 Å². The highest BCUT2D eigenvalue weighted by Gasteiger charge is 2.34. The molecular formula is C15H30N2. The highest BCUT2D eigenvalue weighted by Crippen LogP contribution is 2.34. The van der Waals surface area contributed by atoms with Crippen LogP contribution in [0.1, 0.15) is 52.9 Å². The molecule has 3 atom stereocenters. The van der Waals surface area contributed by atoms with Crippen LogP contribution in [0, 0.1) is 11.8 Å². The van der Waals surface area contributed by atoms with E-state index >= 15 is 0 Å². The van der Waals surface area contributed by atoms with Crippen molar-refractivity contribution < 1.29 is 0 Å². The molecule has 3 unspecified atom stereocenters. The Morgan fingerprint density at radius 1 is 1.29 bits per heavy atom. The zero-order valence-electron chi connectivity index (χ0n) is 11.9. The van der Waals surface area contributed by atoms with Gasteiger partial charge in [0.25, 0.3) is 0 Å². The Morgan fingerprint density at radius 2 is 2.06 bits per heavy atom. The molecule has 2 nitrogen and oxygen atoms in total. The Hall–Kier alpha value is -0.0800. The first-order valence-corrected chi connectivity index (χ1v) is 7.68. The second kappa shape index (κ2) is 6.19. The normalized spacial score (nSPS) is 33.4. The molecule has 0 aromatic carbocycles. The molecule has 1 N–H and O–H groups in total. The lowest BCUT2D eigenvalue weighted by atomic mass is 10.0. The highest BCUT2D eigenvalue weighted by atomic mass is 15.2. The molecule has 0 spiro atoms. The van der Waals surface area contributed by atoms with Crippen molar-refractivity contribution in [3.05, 3.63) is 0 Å². The summed E-state index contributed by atoms with van der Waals surface area (Å²) >= 11 is 0. The summed E-state index contributed by atoms with van der Waals surface area (Å²) in [5.41, 5.74) is 0. The molecule has 0 bridgehead atoms. The summed E-state index contributed by atoms with van der Waals surface area (Å²) in [6, 6.07) is 1.55. The van der Waals surface area contributed by atoms with Gasteiger partial charge in [0, 0.05) is 25.2 Å². The lowest BCUT2D eigenvalue weighted by Gasteiger charge is -2.31. The van der Waals surface area contributed by atoms with Gasteiger partial charge in [0.15, 0.2) is 0 Å². The third-order valence-corrected chi connectivity index (χ3v) is 4.54. The van der Waals surface area contributed by atoms with Crippen molar-refractivity contribution in [1.82, 2.24) is 10.2 Å². The molecule has 2 heteroatoms. The minimum atomic E-state index is 0.769. The van der Waals surface area contributed by atoms with Gasteiger partial charge in [0.1, 0.15) is 0 Å². The number of hydrogen-bond donors (Lipinski definition) is 1. The molecule has 1 aliphatic heterocycles. The summed E-state index contributed by atoms with van der Waals surface area (Å²) in [5, 5.41) is 3.77. The zero-order valence-corrected chi connectivity index (χ0v) is 11.9. The van der Waals surface area contributed by atoms with Gasteiger partial charge in [-0.15, -0.1) is 0 Å². The Labute approximate surface area is 107 Å². The van der Waals surface area contributed by atoms with Crippen LogP contribution in [-0.4, -0.2) is 36.6 Å². The molecule has 2 rings (SSSR count). The molecular weight excluding hydrogens is 208 g/mol. The fourth-order valence-corrected chi connectivity index (χ4v) is 3.21. The van der Waals surface area contributed by atoms with Gasteiger partial charge in [-0.2, -0.15) is 0 Å². The molecule has 17 heavy (non-hydrogen) atoms. The summed E-state index contributed by atoms with van der Waals surface area (Å²) in [5.74, 6) is 1.85. The summed E-state index contributed by atoms with van der Waals surface area (Å²) < 4.78 is 0. The van der Waals surface area contributed by atoms with Gasteiger partial charge in [-0.25, -0.2) is 0 Å². The summed E-state index contributed by atoms with van der Waals surface area (Å²) in [6.45, 7) is 11.0. The molecule has 1 saturated carbocycles. The van der Waals surface area contributed by atoms with E-state index in [1.165, 1.54) is 51.7 Å². The topological polar surface area (TPSA) is 15.3 Å². The number of nitrogens with one attached hydrogen (secondary N) is 1. The van der Waals surface area contributed by atoms with E-state index in [9.17, 15) is 0 Å². The van der Waals surface area contributed by atoms with Crippen molar-refractivity contribution in [3.63, 3.8) is 0 Å². The van der Waals surface area contributed by atoms with E-state index in [-0.39, 0.29) is 0 Å². The molecule has 0 radical (unpaired) electrons. The van der Waals surface area contributed by atoms with Gasteiger partial charge in [0.05, 0.1) is 0 Å². The van der Waals surface area contributed by atoms with Crippen LogP contribution in [0.15, 0.2) is 0 Å². The fraction of sp³-hybridized carbons (Fsp3) is 1.00. The summed E-state index contributed by atoms with van der Waals surface area (Å²) in [7, 11) is 0. The van der Waals surface area contributed by atoms with E-state index in [0.717, 1.165) is 23.9 Å². The molecule has 0 aromatic rings. The molecule has 1 saturated heterocycles. The predicted molar refractivity (Wildman–Crippen MR) is 74.2 cm³/mol. The van der Waals surface area contributed by atoms with Crippen LogP contribution in [0.2, 0.25) is 0 Å². The maximum absolute atomic E-state index is 3.77. The van der Waals surface area contributed by atoms with Crippen LogP contribution >= 0.6 is 0 Å². The average Bonchev–Trinajstić information content (AvgIpc) is 3.08. The molecule has 2 fully saturated rings. The van der Waals surface area contributed by atoms with Crippen molar-refractivity contribution in [2.75, 3.05) is 19.6 Å². The lowest BCUT2D eigenvalue weighted by molar-refractivity contribution is 0.170. The number of nitrogens with zero attached hydrogens (tertiary/aromatic N) is 1. The number of hydrogen-bond acceptors (Lipinski definition) is 2. The van der Waals surface area contributed by atoms with Gasteiger partial charge in [-0.1, -0.05) is 20.3 Å². The molecule has 100 valence electrons. The summed E-state index contributed by atoms with van der Waals surface area (Å²) in [4.78, 5) is 2.75. The van der Waals surface area contributed by atoms with Crippen LogP contribution in [0.5, 0.6) is 0 Å². The largest absolute Gasteiger partial charge is 0.312 e. The molecule has 1 aliphatic carbocycles. The molecule has 0 amide bonds. The zero-order chi connectivity index (χ0) is 12.3. The Kier molecular flexibility index (Phi) is 4.87. The van der Waals surface area contributed by atoms with Crippen LogP contribution in [-0.2, 0) is 0 Å². The number of rotatable bonds is 5. The first kappa shape index (κ1) is 13.4. The first-order chi connectivity index (χ1) is 8.20. The van der Waals surface area contributed by atoms with Gasteiger partial charge in [-0.05, 0) is 51.0 Å². The molecule has 0 aromatic heterocycles. The maximum atomic E-state index is 3.77. The fourth-order valence-electron chi connectivity index (χ4n) is 3.21. The van der Waals surface area contributed by atoms with Crippen molar-refractivity contribution in [2.45, 2.75) is 65.0 Å². The second-order valence-corrected chi connectivity index (χ2v) is 6.38. The summed E-state index contributed by atoms with van der Waals surface area (Å²) in [6.07, 6.45) is 6.95. The predicted octanol–water partition coefficient (Wildman–Crippen LogP) is 2.89. The van der Waals surface area contributed by atoms with Gasteiger partial charge in [0.2, 0.25) is 0 Å². The SMILES string of the molecule is CCCC(C)CN1CC(C2CC2)NCCC1C. The Balaban J connectivity index is 1.86. The monoisotopic (exact) mass is 238 g/mol. The maximum Gasteiger partial charge on any atom is 0.0223 e. The Morgan fingerprint density at radius 3 is 2.71 bits per heavy atom. The quantitative estimate of drug-likeness (QED) is 0.792. The van der Waals surface area contributed by atoms with Gasteiger partial charge < -0.3 is 5.32 Å². The van der Waals surface area contributed by atoms with Gasteiger partial charge >= 0.3 is 0 Å². The minimum absolute atomic E-state index is 0.769. The lowest BCUT2D eigenvalue weighted by Crippen LogP contribution is -2.43. The van der Waals surface area contributed by atoms with E-state index in [2.05, 4.69) is 31.0 Å². The highest BCUT2D eigenvalue weighted by molar-refractivity contribution is 4.91. The Bertz CT molecular complexity index is 225.